The number of aliphatic hydroxyl groups is 2. The Morgan fingerprint density at radius 3 is 2.50 bits per heavy atom. The normalized spacial score (nSPS) is 35.7. The number of rotatable bonds is 9. The predicted octanol–water partition coefficient (Wildman–Crippen LogP) is -0.318. The van der Waals surface area contributed by atoms with Gasteiger partial charge in [0.2, 0.25) is 5.91 Å². The van der Waals surface area contributed by atoms with Crippen LogP contribution in [0.1, 0.15) is 33.1 Å². The van der Waals surface area contributed by atoms with Gasteiger partial charge in [-0.25, -0.2) is 4.57 Å². The van der Waals surface area contributed by atoms with E-state index in [0.29, 0.717) is 5.92 Å². The van der Waals surface area contributed by atoms with Gasteiger partial charge in [-0.15, -0.1) is 23.4 Å². The fraction of sp³-hybridized carbons (Fsp3) is 0.944. The number of amides is 1. The Morgan fingerprint density at radius 1 is 1.38 bits per heavy atom. The Labute approximate surface area is 197 Å². The number of hydrogen-bond acceptors (Lipinski definition) is 8. The van der Waals surface area contributed by atoms with Crippen LogP contribution >= 0.6 is 31.2 Å². The Balaban J connectivity index is 0.00000512. The average Bonchev–Trinajstić information content (AvgIpc) is 3.03. The van der Waals surface area contributed by atoms with Crippen LogP contribution in [-0.2, 0) is 18.6 Å². The molecule has 9 atom stereocenters. The first kappa shape index (κ1) is 30.1. The maximum atomic E-state index is 13.0. The number of nitrogens with zero attached hydrogens (tertiary/aromatic N) is 1. The smallest absolute Gasteiger partial charge is 0.412 e. The van der Waals surface area contributed by atoms with Crippen molar-refractivity contribution in [3.05, 3.63) is 0 Å². The van der Waals surface area contributed by atoms with E-state index in [1.54, 1.807) is 13.2 Å². The van der Waals surface area contributed by atoms with E-state index in [0.717, 1.165) is 37.6 Å². The molecule has 0 radical (unpaired) electrons. The van der Waals surface area contributed by atoms with Gasteiger partial charge in [-0.3, -0.25) is 14.2 Å². The first-order valence-corrected chi connectivity index (χ1v) is 13.6. The molecule has 0 aromatic rings. The molecule has 0 aromatic heterocycles. The van der Waals surface area contributed by atoms with Gasteiger partial charge < -0.3 is 35.5 Å². The number of nitrogens with one attached hydrogen (secondary N) is 1. The van der Waals surface area contributed by atoms with Gasteiger partial charge in [0.15, 0.2) is 0 Å². The van der Waals surface area contributed by atoms with Crippen LogP contribution in [0, 0.1) is 5.92 Å². The van der Waals surface area contributed by atoms with E-state index in [2.05, 4.69) is 16.8 Å². The van der Waals surface area contributed by atoms with Crippen molar-refractivity contribution in [2.24, 2.45) is 5.92 Å². The molecule has 2 rings (SSSR count). The number of carbonyl (C=O) groups is 1. The Morgan fingerprint density at radius 2 is 2.00 bits per heavy atom. The molecule has 190 valence electrons. The molecule has 2 saturated heterocycles. The highest BCUT2D eigenvalue weighted by Crippen LogP contribution is 2.43. The number of likely N-dealkylation sites (N-methyl/N-ethyl adjacent to an activating group) is 1. The third kappa shape index (κ3) is 7.51. The van der Waals surface area contributed by atoms with Crippen LogP contribution in [0.3, 0.4) is 0 Å². The number of likely N-dealkylation sites (tertiary alicyclic amines) is 1. The zero-order chi connectivity index (χ0) is 23.5. The highest BCUT2D eigenvalue weighted by molar-refractivity contribution is 7.99. The molecule has 7 N–H and O–H groups in total. The SMILES string of the molecule is CCC[C@@H]1C[C@@H](C(=O)NC(C(C)Cl)[C@H]2O[C@H](SC)[C@H](OP(=O)(O)O)[C@@H](O)[C@H]2O)N(C)C1.O. The minimum atomic E-state index is -4.93. The van der Waals surface area contributed by atoms with Crippen LogP contribution in [0.15, 0.2) is 0 Å². The molecule has 0 spiro atoms. The molecule has 32 heavy (non-hydrogen) atoms. The molecular weight excluding hydrogens is 487 g/mol. The van der Waals surface area contributed by atoms with Crippen molar-refractivity contribution >= 4 is 37.1 Å². The molecule has 2 fully saturated rings. The van der Waals surface area contributed by atoms with Crippen LogP contribution in [0.5, 0.6) is 0 Å². The van der Waals surface area contributed by atoms with E-state index < -0.39 is 49.1 Å². The van der Waals surface area contributed by atoms with Gasteiger partial charge in [0.25, 0.3) is 0 Å². The largest absolute Gasteiger partial charge is 0.470 e. The second-order valence-corrected chi connectivity index (χ2v) is 11.1. The molecule has 2 aliphatic rings. The molecular formula is C18H36ClN2O9PS. The zero-order valence-electron chi connectivity index (χ0n) is 18.6. The van der Waals surface area contributed by atoms with Gasteiger partial charge in [0, 0.05) is 6.54 Å². The fourth-order valence-electron chi connectivity index (χ4n) is 4.37. The number of aliphatic hydroxyl groups excluding tert-OH is 2. The average molecular weight is 523 g/mol. The summed E-state index contributed by atoms with van der Waals surface area (Å²) in [5.41, 5.74) is -0.992. The summed E-state index contributed by atoms with van der Waals surface area (Å²) in [5, 5.41) is 23.4. The second-order valence-electron chi connectivity index (χ2n) is 8.30. The number of alkyl halides is 1. The van der Waals surface area contributed by atoms with Gasteiger partial charge in [0.05, 0.1) is 17.5 Å². The minimum absolute atomic E-state index is 0. The lowest BCUT2D eigenvalue weighted by molar-refractivity contribution is -0.201. The summed E-state index contributed by atoms with van der Waals surface area (Å²) in [6, 6.07) is -1.18. The van der Waals surface area contributed by atoms with Crippen molar-refractivity contribution < 1.29 is 44.1 Å². The highest BCUT2D eigenvalue weighted by Gasteiger charge is 2.51. The number of phosphoric acid groups is 1. The summed E-state index contributed by atoms with van der Waals surface area (Å²) in [6.45, 7) is 4.57. The second kappa shape index (κ2) is 12.6. The number of halogens is 1. The van der Waals surface area contributed by atoms with Gasteiger partial charge in [0.1, 0.15) is 29.9 Å². The quantitative estimate of drug-likeness (QED) is 0.199. The van der Waals surface area contributed by atoms with Crippen molar-refractivity contribution in [3.8, 4) is 0 Å². The lowest BCUT2D eigenvalue weighted by atomic mass is 9.92. The lowest BCUT2D eigenvalue weighted by Gasteiger charge is -2.45. The summed E-state index contributed by atoms with van der Waals surface area (Å²) >= 11 is 7.38. The van der Waals surface area contributed by atoms with Crippen LogP contribution in [-0.4, -0.2) is 103 Å². The van der Waals surface area contributed by atoms with Crippen LogP contribution < -0.4 is 5.32 Å². The van der Waals surface area contributed by atoms with Crippen molar-refractivity contribution in [3.63, 3.8) is 0 Å². The fourth-order valence-corrected chi connectivity index (χ4v) is 5.93. The maximum absolute atomic E-state index is 13.0. The van der Waals surface area contributed by atoms with E-state index in [9.17, 15) is 19.6 Å². The molecule has 2 aliphatic heterocycles. The first-order chi connectivity index (χ1) is 14.4. The number of phosphoric ester groups is 1. The molecule has 2 unspecified atom stereocenters. The van der Waals surface area contributed by atoms with E-state index in [1.807, 2.05) is 11.9 Å². The van der Waals surface area contributed by atoms with E-state index >= 15 is 0 Å². The topological polar surface area (TPSA) is 180 Å². The first-order valence-electron chi connectivity index (χ1n) is 10.3. The molecule has 1 amide bonds. The minimum Gasteiger partial charge on any atom is -0.412 e. The van der Waals surface area contributed by atoms with Gasteiger partial charge in [-0.05, 0) is 39.0 Å². The summed E-state index contributed by atoms with van der Waals surface area (Å²) in [7, 11) is -3.04. The number of ether oxygens (including phenoxy) is 1. The summed E-state index contributed by atoms with van der Waals surface area (Å²) in [6.07, 6.45) is -1.37. The van der Waals surface area contributed by atoms with E-state index in [4.69, 9.17) is 26.1 Å². The van der Waals surface area contributed by atoms with Gasteiger partial charge >= 0.3 is 7.82 Å². The Hall–Kier alpha value is 0.0200. The Kier molecular flexibility index (Phi) is 11.9. The van der Waals surface area contributed by atoms with Crippen molar-refractivity contribution in [1.82, 2.24) is 10.2 Å². The predicted molar refractivity (Wildman–Crippen MR) is 121 cm³/mol. The monoisotopic (exact) mass is 522 g/mol. The number of hydrogen-bond donors (Lipinski definition) is 5. The molecule has 2 heterocycles. The van der Waals surface area contributed by atoms with Crippen molar-refractivity contribution in [2.75, 3.05) is 19.8 Å². The van der Waals surface area contributed by atoms with Gasteiger partial charge in [-0.2, -0.15) is 0 Å². The van der Waals surface area contributed by atoms with Crippen LogP contribution in [0.25, 0.3) is 0 Å². The third-order valence-corrected chi connectivity index (χ3v) is 7.50. The van der Waals surface area contributed by atoms with E-state index in [1.165, 1.54) is 0 Å². The molecule has 0 aromatic carbocycles. The maximum Gasteiger partial charge on any atom is 0.470 e. The third-order valence-electron chi connectivity index (χ3n) is 5.87. The summed E-state index contributed by atoms with van der Waals surface area (Å²) in [4.78, 5) is 33.3. The zero-order valence-corrected chi connectivity index (χ0v) is 21.1. The van der Waals surface area contributed by atoms with Crippen LogP contribution in [0.2, 0.25) is 0 Å². The molecule has 14 heteroatoms. The number of thioether (sulfide) groups is 1. The van der Waals surface area contributed by atoms with Gasteiger partial charge in [-0.1, -0.05) is 13.3 Å². The standard InChI is InChI=1S/C18H34ClN2O8PS.H2O/c1-5-6-10-7-11(21(3)8-10)17(24)20-12(9(2)19)15-13(22)14(23)16(18(28-15)31-4)29-30(25,26)27;/h9-16,18,22-23H,5-8H2,1-4H3,(H,20,24)(H2,25,26,27);1H2/t9?,10-,11+,12?,13-,14+,15-,16-,18-;/m1./s1. The lowest BCUT2D eigenvalue weighted by Crippen LogP contribution is -2.65. The molecule has 11 nitrogen and oxygen atoms in total. The van der Waals surface area contributed by atoms with Crippen molar-refractivity contribution in [2.45, 2.75) is 80.4 Å². The van der Waals surface area contributed by atoms with Crippen LogP contribution in [0.4, 0.5) is 0 Å². The highest BCUT2D eigenvalue weighted by atomic mass is 35.5. The Bertz CT molecular complexity index is 656. The molecule has 0 aliphatic carbocycles. The number of carbonyl (C=O) groups excluding carboxylic acids is 1. The molecule has 0 bridgehead atoms. The van der Waals surface area contributed by atoms with E-state index in [-0.39, 0.29) is 17.4 Å². The molecule has 0 saturated carbocycles. The summed E-state index contributed by atoms with van der Waals surface area (Å²) < 4.78 is 21.7. The summed E-state index contributed by atoms with van der Waals surface area (Å²) in [5.74, 6) is 0.195. The van der Waals surface area contributed by atoms with Crippen molar-refractivity contribution in [1.29, 1.82) is 0 Å².